The van der Waals surface area contributed by atoms with Gasteiger partial charge in [-0.05, 0) is 43.3 Å². The average molecular weight is 420 g/mol. The Balaban J connectivity index is 2.24. The first kappa shape index (κ1) is 20.2. The van der Waals surface area contributed by atoms with Crippen LogP contribution in [0.5, 0.6) is 5.75 Å². The maximum atomic E-state index is 13.3. The topological polar surface area (TPSA) is 64.4 Å². The summed E-state index contributed by atoms with van der Waals surface area (Å²) in [5.74, 6) is 0.595. The van der Waals surface area contributed by atoms with Crippen molar-refractivity contribution in [3.8, 4) is 11.4 Å². The standard InChI is InChI=1S/C20H19Cl2N3O3/c1-12(24(2)20(27)17(21)22)18-23-16-7-5-4-6-15(16)19(26)25(18)13-8-10-14(28-3)11-9-13/h4-12,17H,1-3H3. The van der Waals surface area contributed by atoms with Gasteiger partial charge in [-0.25, -0.2) is 4.98 Å². The normalized spacial score (nSPS) is 12.2. The lowest BCUT2D eigenvalue weighted by atomic mass is 10.2. The molecular formula is C20H19Cl2N3O3. The van der Waals surface area contributed by atoms with Crippen molar-refractivity contribution in [2.75, 3.05) is 14.2 Å². The number of benzene rings is 2. The number of halogens is 2. The number of fused-ring (bicyclic) bond motifs is 1. The highest BCUT2D eigenvalue weighted by atomic mass is 35.5. The summed E-state index contributed by atoms with van der Waals surface area (Å²) in [6.07, 6.45) is 0. The van der Waals surface area contributed by atoms with Crippen molar-refractivity contribution in [1.82, 2.24) is 14.5 Å². The molecule has 0 radical (unpaired) electrons. The van der Waals surface area contributed by atoms with Crippen molar-refractivity contribution in [1.29, 1.82) is 0 Å². The van der Waals surface area contributed by atoms with E-state index in [1.165, 1.54) is 9.47 Å². The van der Waals surface area contributed by atoms with Gasteiger partial charge in [0, 0.05) is 7.05 Å². The number of rotatable bonds is 5. The molecule has 1 atom stereocenters. The zero-order chi connectivity index (χ0) is 20.4. The number of carbonyl (C=O) groups is 1. The average Bonchev–Trinajstić information content (AvgIpc) is 2.72. The van der Waals surface area contributed by atoms with Gasteiger partial charge in [-0.2, -0.15) is 0 Å². The van der Waals surface area contributed by atoms with Gasteiger partial charge in [0.05, 0.1) is 29.7 Å². The van der Waals surface area contributed by atoms with Crippen LogP contribution in [0.2, 0.25) is 0 Å². The minimum Gasteiger partial charge on any atom is -0.497 e. The lowest BCUT2D eigenvalue weighted by Crippen LogP contribution is -2.37. The van der Waals surface area contributed by atoms with Crippen molar-refractivity contribution in [2.24, 2.45) is 0 Å². The fourth-order valence-corrected chi connectivity index (χ4v) is 3.24. The van der Waals surface area contributed by atoms with Crippen molar-refractivity contribution >= 4 is 40.0 Å². The Labute approximate surface area is 172 Å². The summed E-state index contributed by atoms with van der Waals surface area (Å²) in [5.41, 5.74) is 0.931. The zero-order valence-electron chi connectivity index (χ0n) is 15.6. The van der Waals surface area contributed by atoms with E-state index in [-0.39, 0.29) is 5.56 Å². The Kier molecular flexibility index (Phi) is 5.91. The molecule has 0 N–H and O–H groups in total. The van der Waals surface area contributed by atoms with Crippen LogP contribution in [0.15, 0.2) is 53.3 Å². The van der Waals surface area contributed by atoms with E-state index in [0.717, 1.165) is 0 Å². The van der Waals surface area contributed by atoms with Gasteiger partial charge in [-0.15, -0.1) is 0 Å². The maximum Gasteiger partial charge on any atom is 0.266 e. The van der Waals surface area contributed by atoms with E-state index >= 15 is 0 Å². The second-order valence-corrected chi connectivity index (χ2v) is 7.35. The van der Waals surface area contributed by atoms with Crippen LogP contribution in [0.3, 0.4) is 0 Å². The molecule has 0 fully saturated rings. The van der Waals surface area contributed by atoms with Crippen molar-refractivity contribution in [3.05, 3.63) is 64.7 Å². The molecule has 1 heterocycles. The second-order valence-electron chi connectivity index (χ2n) is 6.25. The number of aromatic nitrogens is 2. The molecule has 3 rings (SSSR count). The smallest absolute Gasteiger partial charge is 0.266 e. The maximum absolute atomic E-state index is 13.3. The van der Waals surface area contributed by atoms with Gasteiger partial charge in [0.25, 0.3) is 11.5 Å². The molecule has 1 unspecified atom stereocenters. The van der Waals surface area contributed by atoms with Crippen molar-refractivity contribution in [2.45, 2.75) is 17.8 Å². The lowest BCUT2D eigenvalue weighted by molar-refractivity contribution is -0.130. The Hall–Kier alpha value is -2.57. The highest BCUT2D eigenvalue weighted by Gasteiger charge is 2.26. The Morgan fingerprint density at radius 2 is 1.79 bits per heavy atom. The van der Waals surface area contributed by atoms with Gasteiger partial charge < -0.3 is 9.64 Å². The highest BCUT2D eigenvalue weighted by molar-refractivity contribution is 6.53. The number of alkyl halides is 2. The molecule has 8 heteroatoms. The second kappa shape index (κ2) is 8.20. The number of carbonyl (C=O) groups excluding carboxylic acids is 1. The van der Waals surface area contributed by atoms with E-state index in [1.807, 2.05) is 6.07 Å². The van der Waals surface area contributed by atoms with Gasteiger partial charge in [-0.1, -0.05) is 35.3 Å². The zero-order valence-corrected chi connectivity index (χ0v) is 17.1. The van der Waals surface area contributed by atoms with Gasteiger partial charge in [0.15, 0.2) is 4.84 Å². The first-order valence-corrected chi connectivity index (χ1v) is 9.43. The molecule has 1 amide bonds. The molecule has 0 saturated carbocycles. The van der Waals surface area contributed by atoms with Gasteiger partial charge in [0.1, 0.15) is 11.6 Å². The van der Waals surface area contributed by atoms with E-state index < -0.39 is 16.8 Å². The molecule has 0 bridgehead atoms. The van der Waals surface area contributed by atoms with Crippen LogP contribution < -0.4 is 10.3 Å². The summed E-state index contributed by atoms with van der Waals surface area (Å²) < 4.78 is 6.69. The quantitative estimate of drug-likeness (QED) is 0.591. The molecule has 0 aliphatic heterocycles. The Morgan fingerprint density at radius 3 is 2.39 bits per heavy atom. The van der Waals surface area contributed by atoms with Crippen LogP contribution >= 0.6 is 23.2 Å². The first-order chi connectivity index (χ1) is 13.3. The third-order valence-corrected chi connectivity index (χ3v) is 4.99. The molecule has 3 aromatic rings. The number of hydrogen-bond acceptors (Lipinski definition) is 4. The van der Waals surface area contributed by atoms with E-state index in [4.69, 9.17) is 27.9 Å². The number of nitrogens with zero attached hydrogens (tertiary/aromatic N) is 3. The molecule has 0 spiro atoms. The number of methoxy groups -OCH3 is 1. The number of hydrogen-bond donors (Lipinski definition) is 0. The monoisotopic (exact) mass is 419 g/mol. The number of amides is 1. The van der Waals surface area contributed by atoms with E-state index in [1.54, 1.807) is 63.5 Å². The van der Waals surface area contributed by atoms with Crippen LogP contribution in [0.4, 0.5) is 0 Å². The van der Waals surface area contributed by atoms with E-state index in [0.29, 0.717) is 28.2 Å². The molecular weight excluding hydrogens is 401 g/mol. The van der Waals surface area contributed by atoms with Crippen LogP contribution in [0.1, 0.15) is 18.8 Å². The van der Waals surface area contributed by atoms with E-state index in [2.05, 4.69) is 4.98 Å². The highest BCUT2D eigenvalue weighted by Crippen LogP contribution is 2.24. The number of ether oxygens (including phenoxy) is 1. The third kappa shape index (κ3) is 3.70. The Bertz CT molecular complexity index is 1060. The SMILES string of the molecule is COc1ccc(-n2c(C(C)N(C)C(=O)C(Cl)Cl)nc3ccccc3c2=O)cc1. The van der Waals surface area contributed by atoms with Gasteiger partial charge >= 0.3 is 0 Å². The summed E-state index contributed by atoms with van der Waals surface area (Å²) in [7, 11) is 3.14. The fourth-order valence-electron chi connectivity index (χ4n) is 2.93. The largest absolute Gasteiger partial charge is 0.497 e. The Morgan fingerprint density at radius 1 is 1.14 bits per heavy atom. The molecule has 0 saturated heterocycles. The summed E-state index contributed by atoms with van der Waals surface area (Å²) in [6, 6.07) is 13.6. The van der Waals surface area contributed by atoms with Crippen molar-refractivity contribution < 1.29 is 9.53 Å². The predicted octanol–water partition coefficient (Wildman–Crippen LogP) is 3.72. The summed E-state index contributed by atoms with van der Waals surface area (Å²) in [6.45, 7) is 1.77. The van der Waals surface area contributed by atoms with E-state index in [9.17, 15) is 9.59 Å². The predicted molar refractivity (Wildman–Crippen MR) is 111 cm³/mol. The molecule has 146 valence electrons. The molecule has 28 heavy (non-hydrogen) atoms. The van der Waals surface area contributed by atoms with Crippen molar-refractivity contribution in [3.63, 3.8) is 0 Å². The van der Waals surface area contributed by atoms with Crippen LogP contribution in [-0.2, 0) is 4.79 Å². The molecule has 1 aromatic heterocycles. The summed E-state index contributed by atoms with van der Waals surface area (Å²) in [4.78, 5) is 30.4. The van der Waals surface area contributed by atoms with Crippen LogP contribution in [0, 0.1) is 0 Å². The fraction of sp³-hybridized carbons (Fsp3) is 0.250. The third-order valence-electron chi connectivity index (χ3n) is 4.62. The van der Waals surface area contributed by atoms with Gasteiger partial charge in [0.2, 0.25) is 0 Å². The summed E-state index contributed by atoms with van der Waals surface area (Å²) >= 11 is 11.5. The number of para-hydroxylation sites is 1. The first-order valence-electron chi connectivity index (χ1n) is 8.56. The minimum atomic E-state index is -1.20. The van der Waals surface area contributed by atoms with Gasteiger partial charge in [-0.3, -0.25) is 14.2 Å². The van der Waals surface area contributed by atoms with Crippen LogP contribution in [-0.4, -0.2) is 39.4 Å². The summed E-state index contributed by atoms with van der Waals surface area (Å²) in [5, 5.41) is 0.482. The van der Waals surface area contributed by atoms with Crippen LogP contribution in [0.25, 0.3) is 16.6 Å². The lowest BCUT2D eigenvalue weighted by Gasteiger charge is -2.27. The molecule has 0 aliphatic rings. The molecule has 0 aliphatic carbocycles. The molecule has 6 nitrogen and oxygen atoms in total. The molecule has 2 aromatic carbocycles. The minimum absolute atomic E-state index is 0.230.